The molecule has 1 aromatic rings. The van der Waals surface area contributed by atoms with Crippen LogP contribution in [0.3, 0.4) is 0 Å². The van der Waals surface area contributed by atoms with Crippen LogP contribution in [0, 0.1) is 0 Å². The summed E-state index contributed by atoms with van der Waals surface area (Å²) < 4.78 is 48.2. The molecule has 0 radical (unpaired) electrons. The van der Waals surface area contributed by atoms with Gasteiger partial charge in [-0.25, -0.2) is 0 Å². The minimum absolute atomic E-state index is 0.0554. The van der Waals surface area contributed by atoms with Gasteiger partial charge in [0.25, 0.3) is 5.91 Å². The maximum absolute atomic E-state index is 13.8. The van der Waals surface area contributed by atoms with Crippen LogP contribution >= 0.6 is 0 Å². The Morgan fingerprint density at radius 2 is 1.00 bits per heavy atom. The van der Waals surface area contributed by atoms with Gasteiger partial charge in [-0.15, -0.1) is 0 Å². The molecule has 26 nitrogen and oxygen atoms in total. The predicted molar refractivity (Wildman–Crippen MR) is 262 cm³/mol. The molecule has 4 aliphatic rings. The highest BCUT2D eigenvalue weighted by molar-refractivity contribution is 5.94. The maximum atomic E-state index is 13.8. The third kappa shape index (κ3) is 16.7. The number of hydrogen-bond donors (Lipinski definition) is 14. The van der Waals surface area contributed by atoms with Crippen molar-refractivity contribution < 1.29 is 108 Å². The van der Waals surface area contributed by atoms with Crippen LogP contribution < -0.4 is 26.0 Å². The number of amides is 4. The molecule has 4 saturated heterocycles. The van der Waals surface area contributed by atoms with Gasteiger partial charge in [-0.1, -0.05) is 44.4 Å². The summed E-state index contributed by atoms with van der Waals surface area (Å²) in [5.74, 6) is -2.46. The quantitative estimate of drug-likeness (QED) is 0.0297. The van der Waals surface area contributed by atoms with Gasteiger partial charge in [0.1, 0.15) is 97.1 Å². The molecule has 0 aliphatic carbocycles. The Balaban J connectivity index is 1.33. The molecule has 4 aliphatic heterocycles. The Kier molecular flexibility index (Phi) is 25.6. The molecule has 5 rings (SSSR count). The lowest BCUT2D eigenvalue weighted by atomic mass is 9.90. The van der Waals surface area contributed by atoms with Crippen molar-refractivity contribution >= 4 is 23.6 Å². The van der Waals surface area contributed by atoms with Crippen LogP contribution in [0.5, 0.6) is 5.75 Å². The number of ether oxygens (including phenoxy) is 8. The summed E-state index contributed by atoms with van der Waals surface area (Å²) in [7, 11) is 0. The second-order valence-electron chi connectivity index (χ2n) is 19.4. The number of carbonyl (C=O) groups excluding carboxylic acids is 4. The van der Waals surface area contributed by atoms with E-state index in [-0.39, 0.29) is 12.0 Å². The molecule has 76 heavy (non-hydrogen) atoms. The van der Waals surface area contributed by atoms with Crippen molar-refractivity contribution in [3.8, 4) is 5.75 Å². The largest absolute Gasteiger partial charge is 0.494 e. The van der Waals surface area contributed by atoms with Crippen LogP contribution in [0.4, 0.5) is 0 Å². The molecule has 0 saturated carbocycles. The Labute approximate surface area is 440 Å². The third-order valence-corrected chi connectivity index (χ3v) is 13.6. The fourth-order valence-corrected chi connectivity index (χ4v) is 9.71. The third-order valence-electron chi connectivity index (χ3n) is 13.6. The first kappa shape index (κ1) is 62.8. The first-order chi connectivity index (χ1) is 36.4. The van der Waals surface area contributed by atoms with Gasteiger partial charge in [-0.2, -0.15) is 0 Å². The van der Waals surface area contributed by atoms with Crippen molar-refractivity contribution in [2.24, 2.45) is 0 Å². The molecule has 432 valence electrons. The second-order valence-corrected chi connectivity index (χ2v) is 19.4. The Morgan fingerprint density at radius 3 is 1.49 bits per heavy atom. The number of nitrogens with one attached hydrogen (secondary N) is 4. The summed E-state index contributed by atoms with van der Waals surface area (Å²) in [5, 5.41) is 119. The number of benzene rings is 1. The van der Waals surface area contributed by atoms with E-state index in [1.165, 1.54) is 38.3 Å². The Hall–Kier alpha value is -4.04. The fraction of sp³-hybridized carbons (Fsp3) is 0.760. The van der Waals surface area contributed by atoms with E-state index in [2.05, 4.69) is 40.3 Å². The van der Waals surface area contributed by atoms with Crippen LogP contribution in [0.15, 0.2) is 36.4 Å². The van der Waals surface area contributed by atoms with Gasteiger partial charge in [0.2, 0.25) is 17.7 Å². The molecule has 26 heteroatoms. The van der Waals surface area contributed by atoms with E-state index in [4.69, 9.17) is 37.9 Å². The summed E-state index contributed by atoms with van der Waals surface area (Å²) in [6.07, 6.45) is -14.9. The van der Waals surface area contributed by atoms with E-state index in [9.17, 15) is 70.2 Å². The van der Waals surface area contributed by atoms with E-state index < -0.39 is 179 Å². The molecule has 4 amide bonds. The Morgan fingerprint density at radius 1 is 0.539 bits per heavy atom. The number of allylic oxidation sites excluding steroid dienone is 2. The summed E-state index contributed by atoms with van der Waals surface area (Å²) in [5.41, 5.74) is 0.0841. The molecule has 0 bridgehead atoms. The average Bonchev–Trinajstić information content (AvgIpc) is 3.39. The van der Waals surface area contributed by atoms with Crippen molar-refractivity contribution in [1.82, 2.24) is 21.3 Å². The van der Waals surface area contributed by atoms with Crippen LogP contribution in [0.1, 0.15) is 89.4 Å². The van der Waals surface area contributed by atoms with Gasteiger partial charge in [0.05, 0.1) is 45.2 Å². The zero-order valence-corrected chi connectivity index (χ0v) is 43.3. The molecule has 0 aromatic heterocycles. The lowest BCUT2D eigenvalue weighted by Gasteiger charge is -2.51. The molecule has 20 atom stereocenters. The van der Waals surface area contributed by atoms with E-state index in [0.717, 1.165) is 39.5 Å². The maximum Gasteiger partial charge on any atom is 0.251 e. The number of rotatable bonds is 27. The van der Waals surface area contributed by atoms with Crippen molar-refractivity contribution in [3.05, 3.63) is 42.0 Å². The van der Waals surface area contributed by atoms with E-state index in [1.54, 1.807) is 12.1 Å². The van der Waals surface area contributed by atoms with Crippen LogP contribution in [0.25, 0.3) is 0 Å². The smallest absolute Gasteiger partial charge is 0.251 e. The van der Waals surface area contributed by atoms with E-state index >= 15 is 0 Å². The zero-order valence-electron chi connectivity index (χ0n) is 43.3. The first-order valence-corrected chi connectivity index (χ1v) is 25.9. The lowest BCUT2D eigenvalue weighted by Crippen LogP contribution is -2.71. The highest BCUT2D eigenvalue weighted by Gasteiger charge is 2.56. The summed E-state index contributed by atoms with van der Waals surface area (Å²) in [4.78, 5) is 51.3. The molecule has 14 N–H and O–H groups in total. The number of hydrogen-bond acceptors (Lipinski definition) is 22. The van der Waals surface area contributed by atoms with Crippen molar-refractivity contribution in [2.45, 2.75) is 201 Å². The van der Waals surface area contributed by atoms with Crippen LogP contribution in [-0.2, 0) is 47.5 Å². The SMILES string of the molecule is CCCCCC/C=C\CCCOc1cccc(C(=O)NC2C(OC3C(CO)OC(OC4C(CO)OC(OC5C(CO)OC(CCO)C(NC(C)=O)C5O)C(NC(C)=O)C4O)C(NC(C)=O)C3O)OC(CO)C(O)C2O)c1. The number of aliphatic hydroxyl groups is 10. The molecule has 20 unspecified atom stereocenters. The summed E-state index contributed by atoms with van der Waals surface area (Å²) in [6.45, 7) is 2.03. The number of aliphatic hydroxyl groups excluding tert-OH is 10. The number of carbonyl (C=O) groups is 4. The van der Waals surface area contributed by atoms with Crippen molar-refractivity contribution in [1.29, 1.82) is 0 Å². The monoisotopic (exact) mass is 1090 g/mol. The molecule has 0 spiro atoms. The van der Waals surface area contributed by atoms with Crippen LogP contribution in [0.2, 0.25) is 0 Å². The number of unbranched alkanes of at least 4 members (excludes halogenated alkanes) is 5. The lowest BCUT2D eigenvalue weighted by molar-refractivity contribution is -0.359. The van der Waals surface area contributed by atoms with Gasteiger partial charge >= 0.3 is 0 Å². The normalized spacial score (nSPS) is 35.8. The highest BCUT2D eigenvalue weighted by Crippen LogP contribution is 2.35. The fourth-order valence-electron chi connectivity index (χ4n) is 9.71. The average molecular weight is 1090 g/mol. The minimum atomic E-state index is -1.93. The van der Waals surface area contributed by atoms with Gasteiger partial charge in [0.15, 0.2) is 18.9 Å². The van der Waals surface area contributed by atoms with Gasteiger partial charge in [-0.05, 0) is 50.3 Å². The molecular weight excluding hydrogens is 1010 g/mol. The van der Waals surface area contributed by atoms with E-state index in [0.29, 0.717) is 12.4 Å². The van der Waals surface area contributed by atoms with Gasteiger partial charge in [0, 0.05) is 32.9 Å². The molecule has 1 aromatic carbocycles. The Bertz CT molecular complexity index is 1990. The van der Waals surface area contributed by atoms with Crippen molar-refractivity contribution in [3.63, 3.8) is 0 Å². The van der Waals surface area contributed by atoms with E-state index in [1.807, 2.05) is 0 Å². The highest BCUT2D eigenvalue weighted by atomic mass is 16.8. The summed E-state index contributed by atoms with van der Waals surface area (Å²) in [6, 6.07) is 0.152. The molecule has 4 heterocycles. The second kappa shape index (κ2) is 30.9. The first-order valence-electron chi connectivity index (χ1n) is 25.9. The zero-order chi connectivity index (χ0) is 55.6. The van der Waals surface area contributed by atoms with Crippen LogP contribution in [-0.4, -0.2) is 237 Å². The predicted octanol–water partition coefficient (Wildman–Crippen LogP) is -3.76. The van der Waals surface area contributed by atoms with Gasteiger partial charge in [-0.3, -0.25) is 19.2 Å². The van der Waals surface area contributed by atoms with Gasteiger partial charge < -0.3 is 110 Å². The summed E-state index contributed by atoms with van der Waals surface area (Å²) >= 11 is 0. The topological polar surface area (TPSA) is 393 Å². The standard InChI is InChI=1S/C50H80N4O22/c1-5-6-7-8-9-10-11-12-13-19-69-29-16-14-15-28(20-29)47(68)54-36-40(64)39(63)31(21-56)71-48(36)75-45-33(23-58)73-50(38(42(45)66)53-27(4)62)76-46-34(24-59)72-49(37(43(46)67)52-26(3)61)74-44-32(22-57)70-30(17-18-55)35(41(44)65)51-25(2)60/h10-11,14-16,20,30-46,48-50,55-59,63-67H,5-9,12-13,17-19,21-24H2,1-4H3,(H,51,60)(H,52,61)(H,53,62)(H,54,68)/b11-10-. The van der Waals surface area contributed by atoms with Crippen molar-refractivity contribution in [2.75, 3.05) is 39.6 Å². The molecular formula is C50H80N4O22. The molecule has 4 fully saturated rings. The minimum Gasteiger partial charge on any atom is -0.494 e.